The van der Waals surface area contributed by atoms with E-state index in [0.717, 1.165) is 30.4 Å². The fraction of sp³-hybridized carbons (Fsp3) is 0.381. The van der Waals surface area contributed by atoms with Crippen molar-refractivity contribution >= 4 is 17.7 Å². The molecule has 1 fully saturated rings. The molecule has 1 amide bonds. The lowest BCUT2D eigenvalue weighted by Crippen LogP contribution is -2.52. The lowest BCUT2D eigenvalue weighted by atomic mass is 9.72. The molecule has 1 aliphatic rings. The molecule has 1 N–H and O–H groups in total. The van der Waals surface area contributed by atoms with Crippen molar-refractivity contribution in [2.75, 3.05) is 0 Å². The number of hydrogen-bond donors (Lipinski definition) is 1. The number of nitrogens with zero attached hydrogens (tertiary/aromatic N) is 2. The van der Waals surface area contributed by atoms with Crippen molar-refractivity contribution in [3.8, 4) is 17.3 Å². The number of hydrogen-bond acceptors (Lipinski definition) is 4. The Bertz CT molecular complexity index is 891. The van der Waals surface area contributed by atoms with E-state index in [-0.39, 0.29) is 5.54 Å². The topological polar surface area (TPSA) is 75.0 Å². The molecule has 0 spiro atoms. The summed E-state index contributed by atoms with van der Waals surface area (Å²) >= 11 is 6.25. The summed E-state index contributed by atoms with van der Waals surface area (Å²) in [6.07, 6.45) is 3.92. The Hall–Kier alpha value is -2.58. The SMILES string of the molecule is CC(C)(C)OC(=O)NC1(c2ccc(-c3ncc(C#N)cc3Cl)cc2)CCC1. The summed E-state index contributed by atoms with van der Waals surface area (Å²) in [5.41, 5.74) is 2.04. The summed E-state index contributed by atoms with van der Waals surface area (Å²) in [4.78, 5) is 16.5. The number of aromatic nitrogens is 1. The second-order valence-electron chi connectivity index (χ2n) is 7.81. The number of carbonyl (C=O) groups excluding carboxylic acids is 1. The van der Waals surface area contributed by atoms with Gasteiger partial charge in [0.25, 0.3) is 0 Å². The molecule has 6 heteroatoms. The van der Waals surface area contributed by atoms with Crippen LogP contribution >= 0.6 is 11.6 Å². The molecular weight excluding hydrogens is 362 g/mol. The van der Waals surface area contributed by atoms with Crippen molar-refractivity contribution in [3.63, 3.8) is 0 Å². The van der Waals surface area contributed by atoms with Crippen LogP contribution in [0.15, 0.2) is 36.5 Å². The number of nitrogens with one attached hydrogen (secondary N) is 1. The second-order valence-corrected chi connectivity index (χ2v) is 8.21. The van der Waals surface area contributed by atoms with Crippen LogP contribution in [0.2, 0.25) is 5.02 Å². The van der Waals surface area contributed by atoms with E-state index in [1.165, 1.54) is 6.20 Å². The Morgan fingerprint density at radius 1 is 1.30 bits per heavy atom. The molecule has 0 bridgehead atoms. The molecule has 5 nitrogen and oxygen atoms in total. The van der Waals surface area contributed by atoms with Gasteiger partial charge in [-0.15, -0.1) is 0 Å². The van der Waals surface area contributed by atoms with Crippen LogP contribution in [-0.2, 0) is 10.3 Å². The fourth-order valence-corrected chi connectivity index (χ4v) is 3.45. The molecule has 1 aliphatic carbocycles. The van der Waals surface area contributed by atoms with Gasteiger partial charge in [0.05, 0.1) is 21.8 Å². The van der Waals surface area contributed by atoms with Crippen LogP contribution in [0, 0.1) is 11.3 Å². The number of ether oxygens (including phenoxy) is 1. The maximum atomic E-state index is 12.2. The largest absolute Gasteiger partial charge is 0.444 e. The number of nitriles is 1. The average Bonchev–Trinajstić information content (AvgIpc) is 2.57. The monoisotopic (exact) mass is 383 g/mol. The van der Waals surface area contributed by atoms with Gasteiger partial charge in [0.1, 0.15) is 11.7 Å². The van der Waals surface area contributed by atoms with E-state index in [4.69, 9.17) is 21.6 Å². The zero-order chi connectivity index (χ0) is 19.7. The molecule has 140 valence electrons. The van der Waals surface area contributed by atoms with E-state index in [0.29, 0.717) is 16.3 Å². The molecule has 3 rings (SSSR count). The van der Waals surface area contributed by atoms with E-state index in [1.807, 2.05) is 51.1 Å². The maximum Gasteiger partial charge on any atom is 0.408 e. The Balaban J connectivity index is 1.81. The Kier molecular flexibility index (Phi) is 5.12. The van der Waals surface area contributed by atoms with Crippen molar-refractivity contribution in [1.29, 1.82) is 5.26 Å². The van der Waals surface area contributed by atoms with Gasteiger partial charge >= 0.3 is 6.09 Å². The quantitative estimate of drug-likeness (QED) is 0.792. The smallest absolute Gasteiger partial charge is 0.408 e. The van der Waals surface area contributed by atoms with Crippen molar-refractivity contribution in [2.24, 2.45) is 0 Å². The van der Waals surface area contributed by atoms with Crippen LogP contribution in [0.4, 0.5) is 4.79 Å². The average molecular weight is 384 g/mol. The third-order valence-corrected chi connectivity index (χ3v) is 4.92. The molecule has 0 saturated heterocycles. The number of pyridine rings is 1. The van der Waals surface area contributed by atoms with Gasteiger partial charge in [-0.1, -0.05) is 35.9 Å². The van der Waals surface area contributed by atoms with Gasteiger partial charge in [-0.2, -0.15) is 5.26 Å². The van der Waals surface area contributed by atoms with Crippen LogP contribution in [0.5, 0.6) is 0 Å². The predicted octanol–water partition coefficient (Wildman–Crippen LogP) is 5.18. The van der Waals surface area contributed by atoms with Crippen molar-refractivity contribution in [2.45, 2.75) is 51.2 Å². The summed E-state index contributed by atoms with van der Waals surface area (Å²) in [6, 6.07) is 11.5. The highest BCUT2D eigenvalue weighted by atomic mass is 35.5. The molecule has 1 heterocycles. The van der Waals surface area contributed by atoms with Gasteiger partial charge < -0.3 is 10.1 Å². The summed E-state index contributed by atoms with van der Waals surface area (Å²) < 4.78 is 5.42. The van der Waals surface area contributed by atoms with E-state index >= 15 is 0 Å². The third kappa shape index (κ3) is 4.23. The first kappa shape index (κ1) is 19.2. The van der Waals surface area contributed by atoms with Crippen LogP contribution < -0.4 is 5.32 Å². The summed E-state index contributed by atoms with van der Waals surface area (Å²) in [7, 11) is 0. The zero-order valence-electron chi connectivity index (χ0n) is 15.7. The minimum Gasteiger partial charge on any atom is -0.444 e. The molecule has 0 unspecified atom stereocenters. The highest BCUT2D eigenvalue weighted by Gasteiger charge is 2.41. The minimum absolute atomic E-state index is 0.386. The molecule has 0 radical (unpaired) electrons. The molecule has 0 aliphatic heterocycles. The molecular formula is C21H22ClN3O2. The van der Waals surface area contributed by atoms with Gasteiger partial charge in [0.2, 0.25) is 0 Å². The number of benzene rings is 1. The molecule has 1 aromatic carbocycles. The number of alkyl carbamates (subject to hydrolysis) is 1. The second kappa shape index (κ2) is 7.21. The van der Waals surface area contributed by atoms with Crippen molar-refractivity contribution in [3.05, 3.63) is 52.7 Å². The van der Waals surface area contributed by atoms with Crippen LogP contribution in [0.1, 0.15) is 51.2 Å². The number of amides is 1. The standard InChI is InChI=1S/C21H22ClN3O2/c1-20(2,3)27-19(26)25-21(9-4-10-21)16-7-5-15(6-8-16)18-17(22)11-14(12-23)13-24-18/h5-8,11,13H,4,9-10H2,1-3H3,(H,25,26). The number of halogens is 1. The molecule has 1 aromatic heterocycles. The molecule has 27 heavy (non-hydrogen) atoms. The lowest BCUT2D eigenvalue weighted by molar-refractivity contribution is 0.0377. The zero-order valence-corrected chi connectivity index (χ0v) is 16.4. The van der Waals surface area contributed by atoms with Crippen LogP contribution in [0.25, 0.3) is 11.3 Å². The summed E-state index contributed by atoms with van der Waals surface area (Å²) in [5.74, 6) is 0. The van der Waals surface area contributed by atoms with E-state index < -0.39 is 11.7 Å². The summed E-state index contributed by atoms with van der Waals surface area (Å²) in [5, 5.41) is 12.4. The van der Waals surface area contributed by atoms with E-state index in [2.05, 4.69) is 10.3 Å². The first-order chi connectivity index (χ1) is 12.7. The van der Waals surface area contributed by atoms with Crippen molar-refractivity contribution in [1.82, 2.24) is 10.3 Å². The predicted molar refractivity (Wildman–Crippen MR) is 104 cm³/mol. The molecule has 1 saturated carbocycles. The maximum absolute atomic E-state index is 12.2. The number of carbonyl (C=O) groups is 1. The van der Waals surface area contributed by atoms with Gasteiger partial charge in [0, 0.05) is 11.8 Å². The van der Waals surface area contributed by atoms with E-state index in [9.17, 15) is 4.79 Å². The van der Waals surface area contributed by atoms with Gasteiger partial charge in [-0.05, 0) is 51.7 Å². The Morgan fingerprint density at radius 3 is 2.44 bits per heavy atom. The summed E-state index contributed by atoms with van der Waals surface area (Å²) in [6.45, 7) is 5.55. The molecule has 2 aromatic rings. The first-order valence-electron chi connectivity index (χ1n) is 8.90. The van der Waals surface area contributed by atoms with Crippen molar-refractivity contribution < 1.29 is 9.53 Å². The van der Waals surface area contributed by atoms with Gasteiger partial charge in [0.15, 0.2) is 0 Å². The third-order valence-electron chi connectivity index (χ3n) is 4.63. The van der Waals surface area contributed by atoms with Gasteiger partial charge in [-0.3, -0.25) is 4.98 Å². The first-order valence-corrected chi connectivity index (χ1v) is 9.28. The highest BCUT2D eigenvalue weighted by Crippen LogP contribution is 2.42. The number of rotatable bonds is 3. The lowest BCUT2D eigenvalue weighted by Gasteiger charge is -2.43. The van der Waals surface area contributed by atoms with Crippen LogP contribution in [-0.4, -0.2) is 16.7 Å². The Morgan fingerprint density at radius 2 is 1.96 bits per heavy atom. The Labute approximate surface area is 164 Å². The molecule has 0 atom stereocenters. The van der Waals surface area contributed by atoms with Crippen LogP contribution in [0.3, 0.4) is 0 Å². The fourth-order valence-electron chi connectivity index (χ4n) is 3.17. The normalized spacial score (nSPS) is 15.4. The highest BCUT2D eigenvalue weighted by molar-refractivity contribution is 6.33. The van der Waals surface area contributed by atoms with E-state index in [1.54, 1.807) is 6.07 Å². The van der Waals surface area contributed by atoms with Gasteiger partial charge in [-0.25, -0.2) is 4.79 Å². The minimum atomic E-state index is -0.531.